The monoisotopic (exact) mass is 176 g/mol. The van der Waals surface area contributed by atoms with Crippen molar-refractivity contribution in [2.75, 3.05) is 6.54 Å². The molecule has 13 heavy (non-hydrogen) atoms. The highest BCUT2D eigenvalue weighted by atomic mass is 16.3. The molecule has 1 aliphatic heterocycles. The van der Waals surface area contributed by atoms with E-state index in [-0.39, 0.29) is 0 Å². The second-order valence-electron chi connectivity index (χ2n) is 3.52. The van der Waals surface area contributed by atoms with Gasteiger partial charge in [-0.25, -0.2) is 5.32 Å². The van der Waals surface area contributed by atoms with Crippen LogP contribution in [0.4, 0.5) is 0 Å². The maximum atomic E-state index is 9.37. The molecule has 0 aliphatic carbocycles. The summed E-state index contributed by atoms with van der Waals surface area (Å²) in [5, 5.41) is 13.4. The third-order valence-corrected chi connectivity index (χ3v) is 2.58. The third kappa shape index (κ3) is 2.08. The zero-order chi connectivity index (χ0) is 9.10. The largest absolute Gasteiger partial charge is 0.377 e. The molecule has 0 aromatic heterocycles. The van der Waals surface area contributed by atoms with Gasteiger partial charge < -0.3 is 5.11 Å². The first-order chi connectivity index (χ1) is 6.36. The molecule has 2 atom stereocenters. The minimum Gasteiger partial charge on any atom is -0.377 e. The lowest BCUT2D eigenvalue weighted by Crippen LogP contribution is -2.31. The van der Waals surface area contributed by atoms with Gasteiger partial charge in [-0.15, -0.1) is 0 Å². The van der Waals surface area contributed by atoms with E-state index in [2.05, 4.69) is 17.4 Å². The van der Waals surface area contributed by atoms with Crippen molar-refractivity contribution in [2.45, 2.75) is 25.0 Å². The number of hydrogen-bond donors (Lipinski definition) is 1. The molecule has 1 aliphatic rings. The second-order valence-corrected chi connectivity index (χ2v) is 3.52. The Kier molecular flexibility index (Phi) is 2.62. The van der Waals surface area contributed by atoms with Gasteiger partial charge in [0.15, 0.2) is 0 Å². The van der Waals surface area contributed by atoms with Gasteiger partial charge in [0, 0.05) is 6.54 Å². The molecule has 1 saturated heterocycles. The molecule has 69 valence electrons. The first-order valence-electron chi connectivity index (χ1n) is 4.76. The van der Waals surface area contributed by atoms with Crippen LogP contribution < -0.4 is 5.32 Å². The Labute approximate surface area is 78.6 Å². The maximum Gasteiger partial charge on any atom is 0.120 e. The molecule has 1 radical (unpaired) electrons. The first-order valence-corrected chi connectivity index (χ1v) is 4.76. The number of nitrogens with zero attached hydrogens (tertiary/aromatic N) is 1. The van der Waals surface area contributed by atoms with Crippen LogP contribution in [0.3, 0.4) is 0 Å². The quantitative estimate of drug-likeness (QED) is 0.691. The van der Waals surface area contributed by atoms with Gasteiger partial charge >= 0.3 is 0 Å². The average Bonchev–Trinajstić information content (AvgIpc) is 2.19. The maximum absolute atomic E-state index is 9.37. The predicted molar refractivity (Wildman–Crippen MR) is 51.4 cm³/mol. The van der Waals surface area contributed by atoms with Gasteiger partial charge in [-0.05, 0) is 24.3 Å². The summed E-state index contributed by atoms with van der Waals surface area (Å²) >= 11 is 0. The zero-order valence-electron chi connectivity index (χ0n) is 7.56. The van der Waals surface area contributed by atoms with E-state index in [1.165, 1.54) is 5.56 Å². The van der Waals surface area contributed by atoms with E-state index < -0.39 is 6.23 Å². The fourth-order valence-corrected chi connectivity index (χ4v) is 1.85. The van der Waals surface area contributed by atoms with E-state index in [0.29, 0.717) is 5.92 Å². The summed E-state index contributed by atoms with van der Waals surface area (Å²) in [5.41, 5.74) is 1.33. The fourth-order valence-electron chi connectivity index (χ4n) is 1.85. The zero-order valence-corrected chi connectivity index (χ0v) is 7.56. The van der Waals surface area contributed by atoms with Crippen LogP contribution in [0.1, 0.15) is 24.3 Å². The lowest BCUT2D eigenvalue weighted by molar-refractivity contribution is 0.0936. The Balaban J connectivity index is 2.08. The minimum atomic E-state index is -0.445. The van der Waals surface area contributed by atoms with E-state index in [1.807, 2.05) is 18.2 Å². The predicted octanol–water partition coefficient (Wildman–Crippen LogP) is 1.49. The Morgan fingerprint density at radius 2 is 2.00 bits per heavy atom. The highest BCUT2D eigenvalue weighted by Crippen LogP contribution is 2.26. The number of hydrogen-bond acceptors (Lipinski definition) is 1. The van der Waals surface area contributed by atoms with Crippen LogP contribution in [0.5, 0.6) is 0 Å². The van der Waals surface area contributed by atoms with Gasteiger partial charge in [0.05, 0.1) is 0 Å². The van der Waals surface area contributed by atoms with Crippen molar-refractivity contribution in [3.63, 3.8) is 0 Å². The van der Waals surface area contributed by atoms with E-state index >= 15 is 0 Å². The Morgan fingerprint density at radius 3 is 2.69 bits per heavy atom. The SMILES string of the molecule is OC1CC(c2ccccc2)CC[N]1. The van der Waals surface area contributed by atoms with Crippen LogP contribution in [0.15, 0.2) is 30.3 Å². The van der Waals surface area contributed by atoms with Crippen molar-refractivity contribution in [3.05, 3.63) is 35.9 Å². The van der Waals surface area contributed by atoms with Crippen molar-refractivity contribution in [2.24, 2.45) is 0 Å². The topological polar surface area (TPSA) is 34.3 Å². The number of aliphatic hydroxyl groups is 1. The standard InChI is InChI=1S/C11H14NO/c13-11-8-10(6-7-12-11)9-4-2-1-3-5-9/h1-5,10-11,13H,6-8H2. The molecule has 2 nitrogen and oxygen atoms in total. The van der Waals surface area contributed by atoms with Gasteiger partial charge in [-0.3, -0.25) is 0 Å². The van der Waals surface area contributed by atoms with Crippen molar-refractivity contribution in [1.29, 1.82) is 0 Å². The van der Waals surface area contributed by atoms with Crippen molar-refractivity contribution in [3.8, 4) is 0 Å². The van der Waals surface area contributed by atoms with Crippen LogP contribution >= 0.6 is 0 Å². The van der Waals surface area contributed by atoms with E-state index in [0.717, 1.165) is 19.4 Å². The van der Waals surface area contributed by atoms with Gasteiger partial charge in [0.1, 0.15) is 6.23 Å². The molecule has 0 amide bonds. The molecule has 0 spiro atoms. The van der Waals surface area contributed by atoms with E-state index in [9.17, 15) is 5.11 Å². The molecular formula is C11H14NO. The van der Waals surface area contributed by atoms with Crippen LogP contribution in [0, 0.1) is 0 Å². The van der Waals surface area contributed by atoms with E-state index in [4.69, 9.17) is 0 Å². The Bertz CT molecular complexity index is 260. The Morgan fingerprint density at radius 1 is 1.23 bits per heavy atom. The molecule has 2 unspecified atom stereocenters. The van der Waals surface area contributed by atoms with Crippen LogP contribution in [0.2, 0.25) is 0 Å². The van der Waals surface area contributed by atoms with Crippen molar-refractivity contribution >= 4 is 0 Å². The van der Waals surface area contributed by atoms with Gasteiger partial charge in [0.2, 0.25) is 0 Å². The van der Waals surface area contributed by atoms with Gasteiger partial charge in [-0.2, -0.15) is 0 Å². The molecule has 1 heterocycles. The van der Waals surface area contributed by atoms with E-state index in [1.54, 1.807) is 0 Å². The number of benzene rings is 1. The number of piperidine rings is 1. The van der Waals surface area contributed by atoms with Gasteiger partial charge in [-0.1, -0.05) is 30.3 Å². The highest BCUT2D eigenvalue weighted by molar-refractivity contribution is 5.20. The lowest BCUT2D eigenvalue weighted by Gasteiger charge is -2.25. The Hall–Kier alpha value is -0.860. The van der Waals surface area contributed by atoms with Crippen LogP contribution in [0.25, 0.3) is 0 Å². The molecule has 0 bridgehead atoms. The summed E-state index contributed by atoms with van der Waals surface area (Å²) < 4.78 is 0. The lowest BCUT2D eigenvalue weighted by atomic mass is 9.89. The summed E-state index contributed by atoms with van der Waals surface area (Å²) in [4.78, 5) is 0. The molecular weight excluding hydrogens is 162 g/mol. The van der Waals surface area contributed by atoms with Crippen molar-refractivity contribution in [1.82, 2.24) is 5.32 Å². The van der Waals surface area contributed by atoms with Crippen LogP contribution in [-0.2, 0) is 0 Å². The molecule has 1 aromatic carbocycles. The summed E-state index contributed by atoms with van der Waals surface area (Å²) in [6.45, 7) is 0.792. The minimum absolute atomic E-state index is 0.445. The number of aliphatic hydroxyl groups excluding tert-OH is 1. The third-order valence-electron chi connectivity index (χ3n) is 2.58. The molecule has 1 aromatic rings. The second kappa shape index (κ2) is 3.90. The van der Waals surface area contributed by atoms with Crippen molar-refractivity contribution < 1.29 is 5.11 Å². The molecule has 2 heteroatoms. The summed E-state index contributed by atoms with van der Waals surface area (Å²) in [6.07, 6.45) is 1.41. The fraction of sp³-hybridized carbons (Fsp3) is 0.455. The molecule has 0 saturated carbocycles. The normalized spacial score (nSPS) is 28.7. The van der Waals surface area contributed by atoms with Crippen LogP contribution in [-0.4, -0.2) is 17.9 Å². The molecule has 1 fully saturated rings. The van der Waals surface area contributed by atoms with Gasteiger partial charge in [0.25, 0.3) is 0 Å². The first kappa shape index (κ1) is 8.73. The smallest absolute Gasteiger partial charge is 0.120 e. The molecule has 2 rings (SSSR count). The summed E-state index contributed by atoms with van der Waals surface area (Å²) in [5.74, 6) is 0.494. The summed E-state index contributed by atoms with van der Waals surface area (Å²) in [6, 6.07) is 10.4. The summed E-state index contributed by atoms with van der Waals surface area (Å²) in [7, 11) is 0. The molecule has 1 N–H and O–H groups in total. The average molecular weight is 176 g/mol. The number of rotatable bonds is 1. The highest BCUT2D eigenvalue weighted by Gasteiger charge is 2.21.